The largest absolute Gasteiger partial charge is 0.264 e. The summed E-state index contributed by atoms with van der Waals surface area (Å²) in [4.78, 5) is 11.5. The molecule has 27 heavy (non-hydrogen) atoms. The van der Waals surface area contributed by atoms with E-state index in [0.29, 0.717) is 0 Å². The topological polar surface area (TPSA) is 25.8 Å². The molecule has 0 aliphatic rings. The zero-order valence-corrected chi connectivity index (χ0v) is 15.4. The van der Waals surface area contributed by atoms with E-state index >= 15 is 0 Å². The molecule has 2 heterocycles. The summed E-state index contributed by atoms with van der Waals surface area (Å²) < 4.78 is 0. The summed E-state index contributed by atoms with van der Waals surface area (Å²) in [6.45, 7) is 0. The highest BCUT2D eigenvalue weighted by Gasteiger charge is 2.16. The third kappa shape index (κ3) is 2.86. The highest BCUT2D eigenvalue weighted by Crippen LogP contribution is 2.44. The van der Waals surface area contributed by atoms with Crippen molar-refractivity contribution in [2.45, 2.75) is 9.79 Å². The van der Waals surface area contributed by atoms with Crippen LogP contribution in [0.25, 0.3) is 32.8 Å². The van der Waals surface area contributed by atoms with Gasteiger partial charge in [0.1, 0.15) is 0 Å². The molecular formula is C24H16N2S. The van der Waals surface area contributed by atoms with Gasteiger partial charge in [0.25, 0.3) is 0 Å². The van der Waals surface area contributed by atoms with Crippen molar-refractivity contribution in [1.82, 2.24) is 9.97 Å². The van der Waals surface area contributed by atoms with Crippen molar-refractivity contribution >= 4 is 33.3 Å². The smallest absolute Gasteiger partial charge is 0.0715 e. The van der Waals surface area contributed by atoms with E-state index in [1.165, 1.54) is 25.9 Å². The van der Waals surface area contributed by atoms with Crippen LogP contribution in [0.3, 0.4) is 0 Å². The maximum atomic E-state index is 4.63. The van der Waals surface area contributed by atoms with E-state index < -0.39 is 0 Å². The second-order valence-electron chi connectivity index (χ2n) is 6.30. The molecule has 0 aliphatic heterocycles. The van der Waals surface area contributed by atoms with Crippen molar-refractivity contribution in [3.05, 3.63) is 97.5 Å². The molecule has 0 spiro atoms. The highest BCUT2D eigenvalue weighted by atomic mass is 32.2. The van der Waals surface area contributed by atoms with E-state index in [4.69, 9.17) is 0 Å². The van der Waals surface area contributed by atoms with Gasteiger partial charge < -0.3 is 0 Å². The number of rotatable bonds is 3. The van der Waals surface area contributed by atoms with E-state index in [1.807, 2.05) is 36.8 Å². The van der Waals surface area contributed by atoms with Crippen LogP contribution in [0.15, 0.2) is 107 Å². The minimum absolute atomic E-state index is 0.975. The van der Waals surface area contributed by atoms with Gasteiger partial charge in [-0.15, -0.1) is 0 Å². The average Bonchev–Trinajstić information content (AvgIpc) is 2.75. The van der Waals surface area contributed by atoms with Gasteiger partial charge in [-0.05, 0) is 46.5 Å². The van der Waals surface area contributed by atoms with Crippen LogP contribution in [0.4, 0.5) is 0 Å². The van der Waals surface area contributed by atoms with Gasteiger partial charge in [0.15, 0.2) is 0 Å². The molecule has 2 aromatic heterocycles. The summed E-state index contributed by atoms with van der Waals surface area (Å²) in [7, 11) is 0. The Morgan fingerprint density at radius 2 is 1.33 bits per heavy atom. The summed E-state index contributed by atoms with van der Waals surface area (Å²) in [6.07, 6.45) is 5.67. The van der Waals surface area contributed by atoms with Crippen molar-refractivity contribution in [3.8, 4) is 11.3 Å². The van der Waals surface area contributed by atoms with Crippen LogP contribution in [0.5, 0.6) is 0 Å². The number of hydrogen-bond donors (Lipinski definition) is 0. The molecule has 0 saturated heterocycles. The molecule has 5 rings (SSSR count). The monoisotopic (exact) mass is 364 g/mol. The van der Waals surface area contributed by atoms with Crippen molar-refractivity contribution in [2.24, 2.45) is 0 Å². The van der Waals surface area contributed by atoms with Gasteiger partial charge in [0.2, 0.25) is 0 Å². The predicted molar refractivity (Wildman–Crippen MR) is 113 cm³/mol. The lowest BCUT2D eigenvalue weighted by Gasteiger charge is -2.16. The van der Waals surface area contributed by atoms with Gasteiger partial charge >= 0.3 is 0 Å². The average molecular weight is 364 g/mol. The van der Waals surface area contributed by atoms with Gasteiger partial charge in [-0.3, -0.25) is 9.97 Å². The molecule has 5 aromatic rings. The summed E-state index contributed by atoms with van der Waals surface area (Å²) in [6, 6.07) is 27.3. The van der Waals surface area contributed by atoms with E-state index in [9.17, 15) is 0 Å². The molecule has 2 nitrogen and oxygen atoms in total. The van der Waals surface area contributed by atoms with Crippen molar-refractivity contribution < 1.29 is 0 Å². The Morgan fingerprint density at radius 1 is 0.593 bits per heavy atom. The fraction of sp³-hybridized carbons (Fsp3) is 0. The third-order valence-electron chi connectivity index (χ3n) is 4.66. The van der Waals surface area contributed by atoms with E-state index in [1.54, 1.807) is 11.8 Å². The van der Waals surface area contributed by atoms with Crippen LogP contribution >= 0.6 is 11.8 Å². The Morgan fingerprint density at radius 3 is 2.15 bits per heavy atom. The van der Waals surface area contributed by atoms with Crippen LogP contribution in [0.2, 0.25) is 0 Å². The van der Waals surface area contributed by atoms with Crippen molar-refractivity contribution in [2.75, 3.05) is 0 Å². The van der Waals surface area contributed by atoms with Gasteiger partial charge in [0, 0.05) is 39.3 Å². The molecule has 0 amide bonds. The molecule has 0 N–H and O–H groups in total. The first-order valence-electron chi connectivity index (χ1n) is 8.84. The number of fused-ring (bicyclic) bond motifs is 2. The summed E-state index contributed by atoms with van der Waals surface area (Å²) in [5.41, 5.74) is 2.12. The molecular weight excluding hydrogens is 348 g/mol. The first kappa shape index (κ1) is 16.0. The van der Waals surface area contributed by atoms with Crippen LogP contribution in [0.1, 0.15) is 0 Å². The summed E-state index contributed by atoms with van der Waals surface area (Å²) in [5, 5.41) is 4.78. The second kappa shape index (κ2) is 6.86. The molecule has 3 heteroatoms. The van der Waals surface area contributed by atoms with Crippen LogP contribution < -0.4 is 0 Å². The third-order valence-corrected chi connectivity index (χ3v) is 5.81. The molecule has 0 fully saturated rings. The standard InChI is InChI=1S/C24H16N2S/c1-2-8-17(9-3-1)27-24-19-11-5-4-10-18(19)23(22-12-6-7-14-26-22)21-16-25-15-13-20(21)24/h1-16H. The lowest BCUT2D eigenvalue weighted by molar-refractivity contribution is 1.32. The number of aromatic nitrogens is 2. The van der Waals surface area contributed by atoms with Crippen LogP contribution in [-0.2, 0) is 0 Å². The Labute approximate surface area is 161 Å². The lowest BCUT2D eigenvalue weighted by Crippen LogP contribution is -1.91. The SMILES string of the molecule is c1ccc(Sc2c3ccccc3c(-c3ccccn3)c3cnccc23)cc1. The van der Waals surface area contributed by atoms with Crippen molar-refractivity contribution in [3.63, 3.8) is 0 Å². The molecule has 3 aromatic carbocycles. The Bertz CT molecular complexity index is 1180. The molecule has 0 bridgehead atoms. The van der Waals surface area contributed by atoms with Gasteiger partial charge in [-0.1, -0.05) is 60.3 Å². The number of hydrogen-bond acceptors (Lipinski definition) is 3. The van der Waals surface area contributed by atoms with Gasteiger partial charge in [-0.2, -0.15) is 0 Å². The number of nitrogens with zero attached hydrogens (tertiary/aromatic N) is 2. The Kier molecular flexibility index (Phi) is 4.07. The molecule has 0 radical (unpaired) electrons. The fourth-order valence-electron chi connectivity index (χ4n) is 3.48. The quantitative estimate of drug-likeness (QED) is 0.337. The molecule has 0 saturated carbocycles. The first-order valence-corrected chi connectivity index (χ1v) is 9.66. The van der Waals surface area contributed by atoms with Gasteiger partial charge in [-0.25, -0.2) is 0 Å². The first-order chi connectivity index (χ1) is 13.4. The highest BCUT2D eigenvalue weighted by molar-refractivity contribution is 7.99. The second-order valence-corrected chi connectivity index (χ2v) is 7.38. The zero-order valence-electron chi connectivity index (χ0n) is 14.5. The molecule has 128 valence electrons. The minimum atomic E-state index is 0.975. The molecule has 0 aliphatic carbocycles. The Hall–Kier alpha value is -3.17. The van der Waals surface area contributed by atoms with E-state index in [0.717, 1.165) is 16.6 Å². The molecule has 0 unspecified atom stereocenters. The minimum Gasteiger partial charge on any atom is -0.264 e. The van der Waals surface area contributed by atoms with E-state index in [-0.39, 0.29) is 0 Å². The number of pyridine rings is 2. The van der Waals surface area contributed by atoms with Gasteiger partial charge in [0.05, 0.1) is 5.69 Å². The maximum absolute atomic E-state index is 4.63. The molecule has 0 atom stereocenters. The summed E-state index contributed by atoms with van der Waals surface area (Å²) in [5.74, 6) is 0. The maximum Gasteiger partial charge on any atom is 0.0715 e. The normalized spacial score (nSPS) is 11.1. The van der Waals surface area contributed by atoms with E-state index in [2.05, 4.69) is 70.6 Å². The fourth-order valence-corrected chi connectivity index (χ4v) is 4.59. The van der Waals surface area contributed by atoms with Crippen LogP contribution in [0, 0.1) is 0 Å². The predicted octanol–water partition coefficient (Wildman–Crippen LogP) is 6.60. The zero-order chi connectivity index (χ0) is 18.1. The lowest BCUT2D eigenvalue weighted by atomic mass is 9.95. The summed E-state index contributed by atoms with van der Waals surface area (Å²) >= 11 is 1.80. The van der Waals surface area contributed by atoms with Crippen molar-refractivity contribution in [1.29, 1.82) is 0 Å². The Balaban J connectivity index is 1.89. The number of benzene rings is 3. The van der Waals surface area contributed by atoms with Crippen LogP contribution in [-0.4, -0.2) is 9.97 Å².